The topological polar surface area (TPSA) is 45.7 Å². The van der Waals surface area contributed by atoms with E-state index in [1.54, 1.807) is 35.2 Å². The molecular formula is C25H24FN3O2S. The highest BCUT2D eigenvalue weighted by atomic mass is 32.1. The molecule has 0 aliphatic heterocycles. The van der Waals surface area contributed by atoms with Gasteiger partial charge in [-0.3, -0.25) is 9.69 Å². The van der Waals surface area contributed by atoms with E-state index in [9.17, 15) is 9.18 Å². The van der Waals surface area contributed by atoms with Gasteiger partial charge < -0.3 is 9.64 Å². The van der Waals surface area contributed by atoms with Crippen LogP contribution in [-0.2, 0) is 0 Å². The van der Waals surface area contributed by atoms with Crippen LogP contribution < -0.4 is 9.64 Å². The Kier molecular flexibility index (Phi) is 6.78. The summed E-state index contributed by atoms with van der Waals surface area (Å²) in [6, 6.07) is 21.1. The predicted molar refractivity (Wildman–Crippen MR) is 127 cm³/mol. The minimum absolute atomic E-state index is 0.144. The largest absolute Gasteiger partial charge is 0.457 e. The number of hydrogen-bond acceptors (Lipinski definition) is 5. The fourth-order valence-electron chi connectivity index (χ4n) is 3.28. The van der Waals surface area contributed by atoms with Gasteiger partial charge in [0, 0.05) is 12.1 Å². The van der Waals surface area contributed by atoms with Crippen LogP contribution in [0.2, 0.25) is 0 Å². The summed E-state index contributed by atoms with van der Waals surface area (Å²) in [5.74, 6) is 0.933. The lowest BCUT2D eigenvalue weighted by Gasteiger charge is -2.21. The fraction of sp³-hybridized carbons (Fsp3) is 0.200. The van der Waals surface area contributed by atoms with Gasteiger partial charge in [-0.05, 0) is 81.7 Å². The molecular weight excluding hydrogens is 425 g/mol. The van der Waals surface area contributed by atoms with Gasteiger partial charge in [0.05, 0.1) is 10.2 Å². The van der Waals surface area contributed by atoms with Crippen LogP contribution in [0.3, 0.4) is 0 Å². The highest BCUT2D eigenvalue weighted by Crippen LogP contribution is 2.31. The number of anilines is 1. The van der Waals surface area contributed by atoms with Crippen LogP contribution in [-0.4, -0.2) is 43.0 Å². The maximum atomic E-state index is 13.6. The zero-order chi connectivity index (χ0) is 22.5. The van der Waals surface area contributed by atoms with Gasteiger partial charge in [0.25, 0.3) is 5.91 Å². The third kappa shape index (κ3) is 5.30. The molecule has 0 saturated carbocycles. The second-order valence-corrected chi connectivity index (χ2v) is 8.67. The first-order valence-electron chi connectivity index (χ1n) is 10.4. The molecule has 32 heavy (non-hydrogen) atoms. The van der Waals surface area contributed by atoms with Crippen molar-refractivity contribution >= 4 is 32.6 Å². The summed E-state index contributed by atoms with van der Waals surface area (Å²) in [5, 5.41) is 0.568. The normalized spacial score (nSPS) is 11.1. The number of benzene rings is 3. The Morgan fingerprint density at radius 2 is 1.69 bits per heavy atom. The van der Waals surface area contributed by atoms with Gasteiger partial charge in [0.15, 0.2) is 5.13 Å². The van der Waals surface area contributed by atoms with Gasteiger partial charge in [-0.25, -0.2) is 9.37 Å². The molecule has 0 radical (unpaired) electrons. The van der Waals surface area contributed by atoms with E-state index in [0.29, 0.717) is 28.5 Å². The second kappa shape index (κ2) is 9.89. The van der Waals surface area contributed by atoms with E-state index in [1.807, 2.05) is 44.4 Å². The lowest BCUT2D eigenvalue weighted by Crippen LogP contribution is -2.33. The van der Waals surface area contributed by atoms with Crippen molar-refractivity contribution in [1.82, 2.24) is 9.88 Å². The number of fused-ring (bicyclic) bond motifs is 1. The van der Waals surface area contributed by atoms with Crippen LogP contribution in [0, 0.1) is 5.82 Å². The number of carbonyl (C=O) groups is 1. The molecule has 4 aromatic rings. The number of aromatic nitrogens is 1. The second-order valence-electron chi connectivity index (χ2n) is 7.66. The highest BCUT2D eigenvalue weighted by Gasteiger charge is 2.21. The molecule has 3 aromatic carbocycles. The van der Waals surface area contributed by atoms with Crippen molar-refractivity contribution in [2.75, 3.05) is 32.1 Å². The molecule has 1 heterocycles. The Morgan fingerprint density at radius 3 is 2.41 bits per heavy atom. The van der Waals surface area contributed by atoms with E-state index in [1.165, 1.54) is 23.5 Å². The first kappa shape index (κ1) is 21.9. The Morgan fingerprint density at radius 1 is 0.969 bits per heavy atom. The van der Waals surface area contributed by atoms with Crippen molar-refractivity contribution in [3.05, 3.63) is 84.2 Å². The van der Waals surface area contributed by atoms with Gasteiger partial charge in [-0.2, -0.15) is 0 Å². The van der Waals surface area contributed by atoms with Gasteiger partial charge in [-0.15, -0.1) is 0 Å². The predicted octanol–water partition coefficient (Wildman–Crippen LogP) is 5.83. The number of amides is 1. The van der Waals surface area contributed by atoms with Crippen LogP contribution >= 0.6 is 11.3 Å². The first-order chi connectivity index (χ1) is 15.5. The first-order valence-corrected chi connectivity index (χ1v) is 11.2. The van der Waals surface area contributed by atoms with E-state index >= 15 is 0 Å². The molecule has 0 aliphatic rings. The summed E-state index contributed by atoms with van der Waals surface area (Å²) in [6.45, 7) is 1.36. The summed E-state index contributed by atoms with van der Waals surface area (Å²) in [4.78, 5) is 21.7. The molecule has 7 heteroatoms. The maximum absolute atomic E-state index is 13.6. The summed E-state index contributed by atoms with van der Waals surface area (Å²) in [6.07, 6.45) is 0.790. The molecule has 0 atom stereocenters. The average Bonchev–Trinajstić information content (AvgIpc) is 3.20. The van der Waals surface area contributed by atoms with E-state index in [0.717, 1.165) is 23.4 Å². The van der Waals surface area contributed by atoms with Crippen molar-refractivity contribution < 1.29 is 13.9 Å². The standard InChI is InChI=1S/C25H24FN3O2S/c1-28(2)15-6-16-29(25-27-22-14-11-19(26)17-23(22)32-25)24(30)18-9-12-21(13-10-18)31-20-7-4-3-5-8-20/h3-5,7-14,17H,6,15-16H2,1-2H3. The zero-order valence-corrected chi connectivity index (χ0v) is 18.8. The molecule has 5 nitrogen and oxygen atoms in total. The Bertz CT molecular complexity index is 1190. The third-order valence-corrected chi connectivity index (χ3v) is 5.92. The van der Waals surface area contributed by atoms with Crippen LogP contribution in [0.4, 0.5) is 9.52 Å². The van der Waals surface area contributed by atoms with Crippen LogP contribution in [0.5, 0.6) is 11.5 Å². The Hall–Kier alpha value is -3.29. The Balaban J connectivity index is 1.57. The van der Waals surface area contributed by atoms with Crippen molar-refractivity contribution in [2.24, 2.45) is 0 Å². The molecule has 0 saturated heterocycles. The quantitative estimate of drug-likeness (QED) is 0.340. The minimum Gasteiger partial charge on any atom is -0.457 e. The molecule has 1 aromatic heterocycles. The fourth-order valence-corrected chi connectivity index (χ4v) is 4.29. The van der Waals surface area contributed by atoms with Gasteiger partial charge >= 0.3 is 0 Å². The SMILES string of the molecule is CN(C)CCCN(C(=O)c1ccc(Oc2ccccc2)cc1)c1nc2ccc(F)cc2s1. The van der Waals surface area contributed by atoms with Crippen LogP contribution in [0.1, 0.15) is 16.8 Å². The number of rotatable bonds is 8. The molecule has 4 rings (SSSR count). The van der Waals surface area contributed by atoms with Gasteiger partial charge in [0.1, 0.15) is 17.3 Å². The molecule has 0 unspecified atom stereocenters. The molecule has 164 valence electrons. The molecule has 0 spiro atoms. The average molecular weight is 450 g/mol. The minimum atomic E-state index is -0.313. The van der Waals surface area contributed by atoms with Crippen molar-refractivity contribution in [1.29, 1.82) is 0 Å². The monoisotopic (exact) mass is 449 g/mol. The van der Waals surface area contributed by atoms with Crippen molar-refractivity contribution in [3.63, 3.8) is 0 Å². The van der Waals surface area contributed by atoms with E-state index < -0.39 is 0 Å². The lowest BCUT2D eigenvalue weighted by atomic mass is 10.2. The van der Waals surface area contributed by atoms with Gasteiger partial charge in [-0.1, -0.05) is 29.5 Å². The smallest absolute Gasteiger partial charge is 0.260 e. The number of ether oxygens (including phenoxy) is 1. The lowest BCUT2D eigenvalue weighted by molar-refractivity contribution is 0.0986. The van der Waals surface area contributed by atoms with Crippen molar-refractivity contribution in [2.45, 2.75) is 6.42 Å². The number of nitrogens with zero attached hydrogens (tertiary/aromatic N) is 3. The highest BCUT2D eigenvalue weighted by molar-refractivity contribution is 7.22. The van der Waals surface area contributed by atoms with Crippen LogP contribution in [0.25, 0.3) is 10.2 Å². The molecule has 0 fully saturated rings. The number of thiazole rings is 1. The van der Waals surface area contributed by atoms with Crippen LogP contribution in [0.15, 0.2) is 72.8 Å². The van der Waals surface area contributed by atoms with E-state index in [4.69, 9.17) is 4.74 Å². The summed E-state index contributed by atoms with van der Waals surface area (Å²) >= 11 is 1.32. The molecule has 0 N–H and O–H groups in total. The molecule has 0 aliphatic carbocycles. The third-order valence-electron chi connectivity index (χ3n) is 4.88. The molecule has 0 bridgehead atoms. The number of hydrogen-bond donors (Lipinski definition) is 0. The van der Waals surface area contributed by atoms with E-state index in [-0.39, 0.29) is 11.7 Å². The number of halogens is 1. The number of carbonyl (C=O) groups excluding carboxylic acids is 1. The summed E-state index contributed by atoms with van der Waals surface area (Å²) < 4.78 is 20.2. The number of para-hydroxylation sites is 1. The molecule has 1 amide bonds. The zero-order valence-electron chi connectivity index (χ0n) is 18.0. The maximum Gasteiger partial charge on any atom is 0.260 e. The van der Waals surface area contributed by atoms with Crippen molar-refractivity contribution in [3.8, 4) is 11.5 Å². The van der Waals surface area contributed by atoms with Gasteiger partial charge in [0.2, 0.25) is 0 Å². The Labute approximate surface area is 190 Å². The summed E-state index contributed by atoms with van der Waals surface area (Å²) in [7, 11) is 4.00. The summed E-state index contributed by atoms with van der Waals surface area (Å²) in [5.41, 5.74) is 1.23. The van der Waals surface area contributed by atoms with E-state index in [2.05, 4.69) is 9.88 Å².